The molecule has 1 saturated carbocycles. The second kappa shape index (κ2) is 5.73. The first-order valence-electron chi connectivity index (χ1n) is 6.54. The summed E-state index contributed by atoms with van der Waals surface area (Å²) in [6, 6.07) is 5.05. The van der Waals surface area contributed by atoms with Crippen LogP contribution in [-0.2, 0) is 11.0 Å². The fraction of sp³-hybridized carbons (Fsp3) is 0.500. The van der Waals surface area contributed by atoms with Crippen LogP contribution < -0.4 is 4.90 Å². The van der Waals surface area contributed by atoms with Gasteiger partial charge >= 0.3 is 12.1 Å². The van der Waals surface area contributed by atoms with Gasteiger partial charge in [-0.25, -0.2) is 0 Å². The first-order valence-corrected chi connectivity index (χ1v) is 6.54. The summed E-state index contributed by atoms with van der Waals surface area (Å²) in [5.41, 5.74) is -0.803. The lowest BCUT2D eigenvalue weighted by molar-refractivity contribution is -0.138. The second-order valence-corrected chi connectivity index (χ2v) is 4.97. The largest absolute Gasteiger partial charge is 0.480 e. The van der Waals surface area contributed by atoms with Gasteiger partial charge in [0.1, 0.15) is 6.54 Å². The summed E-state index contributed by atoms with van der Waals surface area (Å²) in [6.45, 7) is -0.405. The normalized spacial score (nSPS) is 16.4. The van der Waals surface area contributed by atoms with E-state index in [0.717, 1.165) is 31.7 Å². The molecule has 1 fully saturated rings. The Morgan fingerprint density at radius 3 is 2.40 bits per heavy atom. The molecule has 0 aromatic heterocycles. The van der Waals surface area contributed by atoms with Crippen molar-refractivity contribution in [1.29, 1.82) is 0 Å². The minimum atomic E-state index is -4.48. The lowest BCUT2D eigenvalue weighted by Crippen LogP contribution is -2.38. The van der Waals surface area contributed by atoms with Gasteiger partial charge in [-0.05, 0) is 25.0 Å². The molecule has 2 rings (SSSR count). The van der Waals surface area contributed by atoms with E-state index in [4.69, 9.17) is 5.11 Å². The molecular formula is C14H16F3NO2. The minimum absolute atomic E-state index is 0.0331. The summed E-state index contributed by atoms with van der Waals surface area (Å²) < 4.78 is 39.2. The number of hydrogen-bond donors (Lipinski definition) is 1. The molecule has 6 heteroatoms. The van der Waals surface area contributed by atoms with Gasteiger partial charge in [0.05, 0.1) is 5.56 Å². The number of nitrogens with zero attached hydrogens (tertiary/aromatic N) is 1. The molecule has 0 saturated heterocycles. The van der Waals surface area contributed by atoms with Crippen molar-refractivity contribution in [3.8, 4) is 0 Å². The molecule has 0 atom stereocenters. The number of rotatable bonds is 4. The van der Waals surface area contributed by atoms with Crippen molar-refractivity contribution >= 4 is 11.7 Å². The van der Waals surface area contributed by atoms with Crippen LogP contribution in [0.4, 0.5) is 18.9 Å². The number of halogens is 3. The van der Waals surface area contributed by atoms with E-state index in [1.807, 2.05) is 0 Å². The Morgan fingerprint density at radius 1 is 1.25 bits per heavy atom. The molecule has 1 aliphatic carbocycles. The Balaban J connectivity index is 2.40. The fourth-order valence-electron chi connectivity index (χ4n) is 2.74. The SMILES string of the molecule is O=C(O)CN(c1ccccc1C(F)(F)F)C1CCCC1. The fourth-order valence-corrected chi connectivity index (χ4v) is 2.74. The van der Waals surface area contributed by atoms with Crippen molar-refractivity contribution in [1.82, 2.24) is 0 Å². The summed E-state index contributed by atoms with van der Waals surface area (Å²) in [5, 5.41) is 8.98. The van der Waals surface area contributed by atoms with Crippen LogP contribution in [-0.4, -0.2) is 23.7 Å². The Hall–Kier alpha value is -1.72. The Bertz CT molecular complexity index is 482. The van der Waals surface area contributed by atoms with E-state index in [9.17, 15) is 18.0 Å². The molecule has 1 aromatic carbocycles. The van der Waals surface area contributed by atoms with Crippen molar-refractivity contribution in [3.63, 3.8) is 0 Å². The highest BCUT2D eigenvalue weighted by Crippen LogP contribution is 2.38. The van der Waals surface area contributed by atoms with Crippen molar-refractivity contribution in [2.75, 3.05) is 11.4 Å². The first-order chi connectivity index (χ1) is 9.39. The van der Waals surface area contributed by atoms with E-state index in [2.05, 4.69) is 0 Å². The highest BCUT2D eigenvalue weighted by molar-refractivity contribution is 5.75. The maximum absolute atomic E-state index is 13.1. The van der Waals surface area contributed by atoms with Crippen LogP contribution in [0.15, 0.2) is 24.3 Å². The molecule has 0 bridgehead atoms. The number of carbonyl (C=O) groups is 1. The van der Waals surface area contributed by atoms with Crippen molar-refractivity contribution in [2.24, 2.45) is 0 Å². The van der Waals surface area contributed by atoms with Gasteiger partial charge in [-0.1, -0.05) is 25.0 Å². The Labute approximate surface area is 115 Å². The van der Waals surface area contributed by atoms with E-state index in [1.54, 1.807) is 0 Å². The number of hydrogen-bond acceptors (Lipinski definition) is 2. The topological polar surface area (TPSA) is 40.5 Å². The van der Waals surface area contributed by atoms with Gasteiger partial charge in [-0.15, -0.1) is 0 Å². The minimum Gasteiger partial charge on any atom is -0.480 e. The third-order valence-corrected chi connectivity index (χ3v) is 3.59. The first kappa shape index (κ1) is 14.7. The van der Waals surface area contributed by atoms with Gasteiger partial charge < -0.3 is 10.0 Å². The van der Waals surface area contributed by atoms with Crippen LogP contribution in [0.2, 0.25) is 0 Å². The highest BCUT2D eigenvalue weighted by atomic mass is 19.4. The van der Waals surface area contributed by atoms with E-state index < -0.39 is 24.3 Å². The zero-order valence-corrected chi connectivity index (χ0v) is 10.9. The maximum atomic E-state index is 13.1. The number of alkyl halides is 3. The highest BCUT2D eigenvalue weighted by Gasteiger charge is 2.36. The molecule has 1 aliphatic rings. The van der Waals surface area contributed by atoms with Gasteiger partial charge in [0.15, 0.2) is 0 Å². The van der Waals surface area contributed by atoms with Crippen LogP contribution in [0.25, 0.3) is 0 Å². The summed E-state index contributed by atoms with van der Waals surface area (Å²) in [4.78, 5) is 12.4. The summed E-state index contributed by atoms with van der Waals surface area (Å²) >= 11 is 0. The van der Waals surface area contributed by atoms with Crippen molar-refractivity contribution < 1.29 is 23.1 Å². The summed E-state index contributed by atoms with van der Waals surface area (Å²) in [5.74, 6) is -1.12. The number of benzene rings is 1. The van der Waals surface area contributed by atoms with E-state index >= 15 is 0 Å². The number of para-hydroxylation sites is 1. The average molecular weight is 287 g/mol. The molecule has 0 radical (unpaired) electrons. The van der Waals surface area contributed by atoms with Crippen LogP contribution in [0.5, 0.6) is 0 Å². The lowest BCUT2D eigenvalue weighted by atomic mass is 10.1. The smallest absolute Gasteiger partial charge is 0.418 e. The molecule has 0 heterocycles. The number of carboxylic acids is 1. The Morgan fingerprint density at radius 2 is 1.85 bits per heavy atom. The van der Waals surface area contributed by atoms with Crippen molar-refractivity contribution in [2.45, 2.75) is 37.9 Å². The maximum Gasteiger partial charge on any atom is 0.418 e. The lowest BCUT2D eigenvalue weighted by Gasteiger charge is -2.31. The second-order valence-electron chi connectivity index (χ2n) is 4.97. The third-order valence-electron chi connectivity index (χ3n) is 3.59. The quantitative estimate of drug-likeness (QED) is 0.920. The predicted octanol–water partition coefficient (Wildman–Crippen LogP) is 3.54. The number of carboxylic acid groups (broad SMARTS) is 1. The number of aliphatic carboxylic acids is 1. The zero-order chi connectivity index (χ0) is 14.8. The molecule has 110 valence electrons. The molecule has 1 aromatic rings. The van der Waals surface area contributed by atoms with Gasteiger partial charge in [0.2, 0.25) is 0 Å². The molecule has 0 unspecified atom stereocenters. The summed E-state index contributed by atoms with van der Waals surface area (Å²) in [7, 11) is 0. The monoisotopic (exact) mass is 287 g/mol. The molecular weight excluding hydrogens is 271 g/mol. The van der Waals surface area contributed by atoms with Gasteiger partial charge in [0, 0.05) is 11.7 Å². The van der Waals surface area contributed by atoms with Crippen LogP contribution in [0, 0.1) is 0 Å². The molecule has 20 heavy (non-hydrogen) atoms. The van der Waals surface area contributed by atoms with Crippen LogP contribution in [0.3, 0.4) is 0 Å². The van der Waals surface area contributed by atoms with E-state index in [1.165, 1.54) is 23.1 Å². The van der Waals surface area contributed by atoms with Gasteiger partial charge in [-0.3, -0.25) is 4.79 Å². The van der Waals surface area contributed by atoms with E-state index in [-0.39, 0.29) is 11.7 Å². The van der Waals surface area contributed by atoms with Gasteiger partial charge in [-0.2, -0.15) is 13.2 Å². The molecule has 0 aliphatic heterocycles. The number of anilines is 1. The molecule has 1 N–H and O–H groups in total. The van der Waals surface area contributed by atoms with Crippen molar-refractivity contribution in [3.05, 3.63) is 29.8 Å². The Kier molecular flexibility index (Phi) is 4.20. The summed E-state index contributed by atoms with van der Waals surface area (Å²) in [6.07, 6.45) is -1.16. The van der Waals surface area contributed by atoms with Gasteiger partial charge in [0.25, 0.3) is 0 Å². The van der Waals surface area contributed by atoms with Crippen LogP contribution in [0.1, 0.15) is 31.2 Å². The van der Waals surface area contributed by atoms with E-state index in [0.29, 0.717) is 0 Å². The molecule has 3 nitrogen and oxygen atoms in total. The predicted molar refractivity (Wildman–Crippen MR) is 68.7 cm³/mol. The van der Waals surface area contributed by atoms with Crippen LogP contribution >= 0.6 is 0 Å². The average Bonchev–Trinajstić information content (AvgIpc) is 2.88. The molecule has 0 amide bonds. The zero-order valence-electron chi connectivity index (χ0n) is 10.9. The standard InChI is InChI=1S/C14H16F3NO2/c15-14(16,17)11-7-3-4-8-12(11)18(9-13(19)20)10-5-1-2-6-10/h3-4,7-8,10H,1-2,5-6,9H2,(H,19,20). The molecule has 0 spiro atoms. The third kappa shape index (κ3) is 3.23.